The van der Waals surface area contributed by atoms with Crippen LogP contribution in [0.4, 0.5) is 11.5 Å². The lowest BCUT2D eigenvalue weighted by molar-refractivity contribution is 0.102. The summed E-state index contributed by atoms with van der Waals surface area (Å²) in [6.07, 6.45) is 2.26. The number of amides is 1. The first-order chi connectivity index (χ1) is 11.4. The molecule has 1 amide bonds. The lowest BCUT2D eigenvalue weighted by Crippen LogP contribution is -2.25. The molecule has 1 aliphatic rings. The highest BCUT2D eigenvalue weighted by molar-refractivity contribution is 7.93. The molecule has 0 bridgehead atoms. The molecule has 1 N–H and O–H groups in total. The van der Waals surface area contributed by atoms with E-state index in [1.54, 1.807) is 41.2 Å². The Balaban J connectivity index is 1.76. The van der Waals surface area contributed by atoms with E-state index in [0.717, 1.165) is 0 Å². The van der Waals surface area contributed by atoms with Crippen LogP contribution in [0.15, 0.2) is 36.5 Å². The van der Waals surface area contributed by atoms with Crippen LogP contribution in [0.25, 0.3) is 0 Å². The van der Waals surface area contributed by atoms with E-state index in [9.17, 15) is 13.2 Å². The molecule has 128 valence electrons. The van der Waals surface area contributed by atoms with Crippen molar-refractivity contribution in [1.82, 2.24) is 9.78 Å². The van der Waals surface area contributed by atoms with Gasteiger partial charge in [-0.2, -0.15) is 5.10 Å². The summed E-state index contributed by atoms with van der Waals surface area (Å²) in [5.74, 6) is 0.545. The van der Waals surface area contributed by atoms with Gasteiger partial charge in [0.25, 0.3) is 5.91 Å². The number of sulfonamides is 1. The molecule has 0 saturated carbocycles. The van der Waals surface area contributed by atoms with Gasteiger partial charge in [0.15, 0.2) is 0 Å². The zero-order chi connectivity index (χ0) is 17.3. The number of rotatable bonds is 4. The molecule has 1 aromatic carbocycles. The molecule has 2 aromatic rings. The first-order valence-electron chi connectivity index (χ1n) is 7.84. The normalized spacial score (nSPS) is 16.5. The van der Waals surface area contributed by atoms with Gasteiger partial charge in [-0.25, -0.2) is 13.1 Å². The zero-order valence-electron chi connectivity index (χ0n) is 13.6. The summed E-state index contributed by atoms with van der Waals surface area (Å²) in [6, 6.07) is 8.47. The fourth-order valence-electron chi connectivity index (χ4n) is 2.72. The van der Waals surface area contributed by atoms with Gasteiger partial charge in [0.1, 0.15) is 5.82 Å². The van der Waals surface area contributed by atoms with E-state index in [-0.39, 0.29) is 17.7 Å². The van der Waals surface area contributed by atoms with Crippen molar-refractivity contribution in [3.63, 3.8) is 0 Å². The Labute approximate surface area is 141 Å². The second kappa shape index (κ2) is 6.27. The number of aromatic nitrogens is 2. The molecular formula is C16H20N4O3S. The summed E-state index contributed by atoms with van der Waals surface area (Å²) in [6.45, 7) is 4.45. The molecular weight excluding hydrogens is 328 g/mol. The second-order valence-electron chi connectivity index (χ2n) is 6.00. The van der Waals surface area contributed by atoms with Crippen molar-refractivity contribution in [2.24, 2.45) is 0 Å². The third-order valence-corrected chi connectivity index (χ3v) is 5.79. The van der Waals surface area contributed by atoms with Crippen LogP contribution in [0.3, 0.4) is 0 Å². The van der Waals surface area contributed by atoms with Crippen LogP contribution in [0.5, 0.6) is 0 Å². The molecule has 2 heterocycles. The summed E-state index contributed by atoms with van der Waals surface area (Å²) in [5, 5.41) is 7.00. The lowest BCUT2D eigenvalue weighted by Gasteiger charge is -2.17. The van der Waals surface area contributed by atoms with E-state index in [4.69, 9.17) is 0 Å². The van der Waals surface area contributed by atoms with Gasteiger partial charge in [-0.1, -0.05) is 0 Å². The fraction of sp³-hybridized carbons (Fsp3) is 0.375. The van der Waals surface area contributed by atoms with Crippen LogP contribution in [-0.2, 0) is 10.0 Å². The van der Waals surface area contributed by atoms with E-state index in [2.05, 4.69) is 10.4 Å². The molecule has 0 aliphatic carbocycles. The number of hydrogen-bond acceptors (Lipinski definition) is 4. The first-order valence-corrected chi connectivity index (χ1v) is 9.45. The van der Waals surface area contributed by atoms with Gasteiger partial charge in [0.2, 0.25) is 10.0 Å². The highest BCUT2D eigenvalue weighted by Crippen LogP contribution is 2.24. The number of anilines is 2. The second-order valence-corrected chi connectivity index (χ2v) is 8.01. The molecule has 0 unspecified atom stereocenters. The average Bonchev–Trinajstić information content (AvgIpc) is 3.13. The third kappa shape index (κ3) is 3.14. The minimum atomic E-state index is -3.21. The van der Waals surface area contributed by atoms with Gasteiger partial charge in [-0.05, 0) is 44.5 Å². The number of nitrogens with one attached hydrogen (secondary N) is 1. The summed E-state index contributed by atoms with van der Waals surface area (Å²) in [4.78, 5) is 12.4. The molecule has 1 saturated heterocycles. The molecule has 1 aliphatic heterocycles. The van der Waals surface area contributed by atoms with Crippen LogP contribution in [0.1, 0.15) is 36.7 Å². The van der Waals surface area contributed by atoms with Crippen molar-refractivity contribution >= 4 is 27.4 Å². The largest absolute Gasteiger partial charge is 0.307 e. The van der Waals surface area contributed by atoms with E-state index in [0.29, 0.717) is 30.0 Å². The number of carbonyl (C=O) groups excluding carboxylic acids is 1. The van der Waals surface area contributed by atoms with Crippen LogP contribution in [0.2, 0.25) is 0 Å². The first kappa shape index (κ1) is 16.5. The summed E-state index contributed by atoms with van der Waals surface area (Å²) in [5.41, 5.74) is 1.06. The maximum absolute atomic E-state index is 12.4. The van der Waals surface area contributed by atoms with Crippen molar-refractivity contribution in [3.8, 4) is 0 Å². The minimum Gasteiger partial charge on any atom is -0.307 e. The molecule has 24 heavy (non-hydrogen) atoms. The molecule has 1 fully saturated rings. The van der Waals surface area contributed by atoms with Crippen molar-refractivity contribution in [3.05, 3.63) is 42.1 Å². The van der Waals surface area contributed by atoms with Crippen LogP contribution >= 0.6 is 0 Å². The van der Waals surface area contributed by atoms with Gasteiger partial charge in [0, 0.05) is 24.2 Å². The van der Waals surface area contributed by atoms with E-state index < -0.39 is 10.0 Å². The van der Waals surface area contributed by atoms with Gasteiger partial charge in [-0.3, -0.25) is 9.10 Å². The third-order valence-electron chi connectivity index (χ3n) is 3.92. The molecule has 7 nitrogen and oxygen atoms in total. The van der Waals surface area contributed by atoms with Gasteiger partial charge in [-0.15, -0.1) is 0 Å². The van der Waals surface area contributed by atoms with Crippen molar-refractivity contribution in [2.75, 3.05) is 21.9 Å². The Morgan fingerprint density at radius 2 is 1.92 bits per heavy atom. The minimum absolute atomic E-state index is 0.137. The van der Waals surface area contributed by atoms with Crippen molar-refractivity contribution in [2.45, 2.75) is 26.3 Å². The topological polar surface area (TPSA) is 84.3 Å². The summed E-state index contributed by atoms with van der Waals surface area (Å²) in [7, 11) is -3.21. The quantitative estimate of drug-likeness (QED) is 0.918. The number of hydrogen-bond donors (Lipinski definition) is 1. The van der Waals surface area contributed by atoms with Crippen molar-refractivity contribution < 1.29 is 13.2 Å². The van der Waals surface area contributed by atoms with Crippen LogP contribution in [-0.4, -0.2) is 36.4 Å². The van der Waals surface area contributed by atoms with E-state index in [1.165, 1.54) is 4.31 Å². The van der Waals surface area contributed by atoms with Crippen LogP contribution in [0, 0.1) is 0 Å². The number of carbonyl (C=O) groups is 1. The maximum Gasteiger partial charge on any atom is 0.256 e. The Hall–Kier alpha value is -2.35. The Bertz CT molecular complexity index is 840. The van der Waals surface area contributed by atoms with Gasteiger partial charge >= 0.3 is 0 Å². The summed E-state index contributed by atoms with van der Waals surface area (Å²) < 4.78 is 27.0. The Kier molecular flexibility index (Phi) is 4.31. The van der Waals surface area contributed by atoms with E-state index >= 15 is 0 Å². The SMILES string of the molecule is CC(C)n1nccc1NC(=O)c1ccc(N2CCCS2(=O)=O)cc1. The Morgan fingerprint density at radius 1 is 1.21 bits per heavy atom. The lowest BCUT2D eigenvalue weighted by atomic mass is 10.2. The van der Waals surface area contributed by atoms with E-state index in [1.807, 2.05) is 13.8 Å². The molecule has 3 rings (SSSR count). The van der Waals surface area contributed by atoms with Gasteiger partial charge in [0.05, 0.1) is 17.6 Å². The Morgan fingerprint density at radius 3 is 2.50 bits per heavy atom. The standard InChI is InChI=1S/C16H20N4O3S/c1-12(2)20-15(8-9-17-20)18-16(21)13-4-6-14(7-5-13)19-10-3-11-24(19,22)23/h4-9,12H,3,10-11H2,1-2H3,(H,18,21). The average molecular weight is 348 g/mol. The summed E-state index contributed by atoms with van der Waals surface area (Å²) >= 11 is 0. The predicted octanol–water partition coefficient (Wildman–Crippen LogP) is 2.26. The smallest absolute Gasteiger partial charge is 0.256 e. The molecule has 0 spiro atoms. The van der Waals surface area contributed by atoms with Gasteiger partial charge < -0.3 is 5.32 Å². The van der Waals surface area contributed by atoms with Crippen molar-refractivity contribution in [1.29, 1.82) is 0 Å². The fourth-order valence-corrected chi connectivity index (χ4v) is 4.29. The monoisotopic (exact) mass is 348 g/mol. The molecule has 1 aromatic heterocycles. The molecule has 8 heteroatoms. The number of benzene rings is 1. The highest BCUT2D eigenvalue weighted by Gasteiger charge is 2.28. The maximum atomic E-state index is 12.4. The zero-order valence-corrected chi connectivity index (χ0v) is 14.5. The number of nitrogens with zero attached hydrogens (tertiary/aromatic N) is 3. The highest BCUT2D eigenvalue weighted by atomic mass is 32.2. The molecule has 0 atom stereocenters. The van der Waals surface area contributed by atoms with Crippen LogP contribution < -0.4 is 9.62 Å². The predicted molar refractivity (Wildman–Crippen MR) is 92.8 cm³/mol. The molecule has 0 radical (unpaired) electrons.